The standard InChI is InChI=1S/C21H20Cl3N3O2S/c22-13-1-7-17-19(9-10-25-20(17)11-13)26-15-3-5-16(6-4-15)27-30(28,29)21-12-14(23)2-8-18(21)24/h1-2,7-12,15-16,27H,3-6H2,(H,25,26). The number of pyridine rings is 1. The maximum atomic E-state index is 12.7. The summed E-state index contributed by atoms with van der Waals surface area (Å²) < 4.78 is 28.2. The molecule has 0 aliphatic heterocycles. The Morgan fingerprint density at radius 3 is 2.30 bits per heavy atom. The van der Waals surface area contributed by atoms with Crippen molar-refractivity contribution >= 4 is 61.4 Å². The summed E-state index contributed by atoms with van der Waals surface area (Å²) in [5.74, 6) is 0. The van der Waals surface area contributed by atoms with Gasteiger partial charge in [0, 0.05) is 39.4 Å². The van der Waals surface area contributed by atoms with Crippen LogP contribution >= 0.6 is 34.8 Å². The number of nitrogens with one attached hydrogen (secondary N) is 2. The van der Waals surface area contributed by atoms with E-state index in [-0.39, 0.29) is 22.0 Å². The van der Waals surface area contributed by atoms with Crippen LogP contribution in [0.25, 0.3) is 10.9 Å². The molecule has 1 aliphatic carbocycles. The maximum absolute atomic E-state index is 12.7. The first-order valence-electron chi connectivity index (χ1n) is 9.60. The predicted molar refractivity (Wildman–Crippen MR) is 123 cm³/mol. The van der Waals surface area contributed by atoms with Gasteiger partial charge in [-0.05, 0) is 68.1 Å². The number of aromatic nitrogens is 1. The van der Waals surface area contributed by atoms with Gasteiger partial charge < -0.3 is 5.32 Å². The number of rotatable bonds is 5. The minimum Gasteiger partial charge on any atom is -0.382 e. The van der Waals surface area contributed by atoms with Crippen LogP contribution in [0.2, 0.25) is 15.1 Å². The Bertz CT molecular complexity index is 1180. The van der Waals surface area contributed by atoms with Crippen LogP contribution in [-0.2, 0) is 10.0 Å². The van der Waals surface area contributed by atoms with E-state index in [1.54, 1.807) is 12.3 Å². The third-order valence-corrected chi connectivity index (χ3v) is 7.77. The summed E-state index contributed by atoms with van der Waals surface area (Å²) in [6.07, 6.45) is 4.89. The summed E-state index contributed by atoms with van der Waals surface area (Å²) in [6, 6.07) is 12.1. The first-order chi connectivity index (χ1) is 14.3. The zero-order chi connectivity index (χ0) is 21.3. The molecule has 2 aromatic carbocycles. The first-order valence-corrected chi connectivity index (χ1v) is 12.2. The van der Waals surface area contributed by atoms with Crippen LogP contribution in [0.4, 0.5) is 5.69 Å². The second-order valence-corrected chi connectivity index (χ2v) is 10.4. The first kappa shape index (κ1) is 21.7. The van der Waals surface area contributed by atoms with Crippen molar-refractivity contribution < 1.29 is 8.42 Å². The van der Waals surface area contributed by atoms with E-state index >= 15 is 0 Å². The van der Waals surface area contributed by atoms with E-state index in [4.69, 9.17) is 34.8 Å². The summed E-state index contributed by atoms with van der Waals surface area (Å²) in [5.41, 5.74) is 1.85. The Morgan fingerprint density at radius 2 is 1.53 bits per heavy atom. The Balaban J connectivity index is 1.40. The number of hydrogen-bond donors (Lipinski definition) is 2. The predicted octanol–water partition coefficient (Wildman–Crippen LogP) is 5.90. The van der Waals surface area contributed by atoms with Gasteiger partial charge in [0.15, 0.2) is 0 Å². The molecule has 1 heterocycles. The lowest BCUT2D eigenvalue weighted by Crippen LogP contribution is -2.40. The molecule has 0 saturated heterocycles. The second kappa shape index (κ2) is 8.89. The number of sulfonamides is 1. The molecule has 3 aromatic rings. The van der Waals surface area contributed by atoms with Gasteiger partial charge in [-0.3, -0.25) is 4.98 Å². The van der Waals surface area contributed by atoms with Crippen molar-refractivity contribution in [2.75, 3.05) is 5.32 Å². The Kier molecular flexibility index (Phi) is 6.42. The summed E-state index contributed by atoms with van der Waals surface area (Å²) >= 11 is 18.1. The molecule has 4 rings (SSSR count). The molecule has 5 nitrogen and oxygen atoms in total. The molecule has 9 heteroatoms. The van der Waals surface area contributed by atoms with Gasteiger partial charge >= 0.3 is 0 Å². The topological polar surface area (TPSA) is 71.1 Å². The summed E-state index contributed by atoms with van der Waals surface area (Å²) in [5, 5.41) is 5.73. The van der Waals surface area contributed by atoms with E-state index in [9.17, 15) is 8.42 Å². The molecule has 30 heavy (non-hydrogen) atoms. The molecule has 0 unspecified atom stereocenters. The fraction of sp³-hybridized carbons (Fsp3) is 0.286. The van der Waals surface area contributed by atoms with E-state index in [0.717, 1.165) is 42.3 Å². The van der Waals surface area contributed by atoms with Crippen LogP contribution in [0, 0.1) is 0 Å². The fourth-order valence-electron chi connectivity index (χ4n) is 3.79. The fourth-order valence-corrected chi connectivity index (χ4v) is 6.02. The summed E-state index contributed by atoms with van der Waals surface area (Å²) in [4.78, 5) is 4.38. The van der Waals surface area contributed by atoms with E-state index in [1.807, 2.05) is 24.3 Å². The highest BCUT2D eigenvalue weighted by molar-refractivity contribution is 7.89. The molecule has 2 N–H and O–H groups in total. The van der Waals surface area contributed by atoms with Crippen LogP contribution in [0.3, 0.4) is 0 Å². The Labute approximate surface area is 190 Å². The quantitative estimate of drug-likeness (QED) is 0.473. The molecule has 1 aliphatic rings. The number of nitrogens with zero attached hydrogens (tertiary/aromatic N) is 1. The SMILES string of the molecule is O=S(=O)(NC1CCC(Nc2ccnc3cc(Cl)ccc23)CC1)c1cc(Cl)ccc1Cl. The molecule has 0 bridgehead atoms. The molecular formula is C21H20Cl3N3O2S. The third kappa shape index (κ3) is 4.84. The monoisotopic (exact) mass is 483 g/mol. The van der Waals surface area contributed by atoms with Crippen LogP contribution in [0.15, 0.2) is 53.6 Å². The largest absolute Gasteiger partial charge is 0.382 e. The number of halogens is 3. The lowest BCUT2D eigenvalue weighted by Gasteiger charge is -2.30. The average molecular weight is 485 g/mol. The van der Waals surface area contributed by atoms with Crippen molar-refractivity contribution in [2.45, 2.75) is 42.7 Å². The molecule has 1 saturated carbocycles. The number of fused-ring (bicyclic) bond motifs is 1. The van der Waals surface area contributed by atoms with Gasteiger partial charge in [0.05, 0.1) is 10.5 Å². The number of benzene rings is 2. The van der Waals surface area contributed by atoms with Crippen molar-refractivity contribution in [2.24, 2.45) is 0 Å². The highest BCUT2D eigenvalue weighted by Crippen LogP contribution is 2.30. The van der Waals surface area contributed by atoms with Crippen LogP contribution in [0.5, 0.6) is 0 Å². The van der Waals surface area contributed by atoms with Gasteiger partial charge in [0.1, 0.15) is 4.90 Å². The Hall–Kier alpha value is -1.57. The zero-order valence-electron chi connectivity index (χ0n) is 15.9. The smallest absolute Gasteiger partial charge is 0.242 e. The van der Waals surface area contributed by atoms with E-state index in [2.05, 4.69) is 15.0 Å². The molecular weight excluding hydrogens is 465 g/mol. The molecule has 0 amide bonds. The maximum Gasteiger partial charge on any atom is 0.242 e. The molecule has 0 atom stereocenters. The molecule has 1 fully saturated rings. The van der Waals surface area contributed by atoms with Crippen molar-refractivity contribution in [1.29, 1.82) is 0 Å². The highest BCUT2D eigenvalue weighted by atomic mass is 35.5. The van der Waals surface area contributed by atoms with Crippen LogP contribution in [-0.4, -0.2) is 25.5 Å². The van der Waals surface area contributed by atoms with E-state index in [1.165, 1.54) is 12.1 Å². The minimum absolute atomic E-state index is 0.0128. The normalized spacial score (nSPS) is 19.7. The Morgan fingerprint density at radius 1 is 0.867 bits per heavy atom. The van der Waals surface area contributed by atoms with Gasteiger partial charge in [-0.2, -0.15) is 0 Å². The number of hydrogen-bond acceptors (Lipinski definition) is 4. The zero-order valence-corrected chi connectivity index (χ0v) is 19.0. The minimum atomic E-state index is -3.73. The van der Waals surface area contributed by atoms with E-state index < -0.39 is 10.0 Å². The molecule has 1 aromatic heterocycles. The van der Waals surface area contributed by atoms with Crippen LogP contribution < -0.4 is 10.0 Å². The van der Waals surface area contributed by atoms with E-state index in [0.29, 0.717) is 10.0 Å². The van der Waals surface area contributed by atoms with Gasteiger partial charge in [0.25, 0.3) is 0 Å². The van der Waals surface area contributed by atoms with Gasteiger partial charge in [-0.25, -0.2) is 13.1 Å². The van der Waals surface area contributed by atoms with Crippen molar-refractivity contribution in [3.63, 3.8) is 0 Å². The lowest BCUT2D eigenvalue weighted by atomic mass is 9.91. The van der Waals surface area contributed by atoms with Crippen molar-refractivity contribution in [1.82, 2.24) is 9.71 Å². The highest BCUT2D eigenvalue weighted by Gasteiger charge is 2.27. The van der Waals surface area contributed by atoms with Gasteiger partial charge in [-0.15, -0.1) is 0 Å². The average Bonchev–Trinajstić information content (AvgIpc) is 2.71. The van der Waals surface area contributed by atoms with Crippen molar-refractivity contribution in [3.8, 4) is 0 Å². The lowest BCUT2D eigenvalue weighted by molar-refractivity contribution is 0.387. The van der Waals surface area contributed by atoms with Gasteiger partial charge in [-0.1, -0.05) is 34.8 Å². The molecule has 0 spiro atoms. The number of anilines is 1. The van der Waals surface area contributed by atoms with Crippen LogP contribution in [0.1, 0.15) is 25.7 Å². The molecule has 0 radical (unpaired) electrons. The van der Waals surface area contributed by atoms with Gasteiger partial charge in [0.2, 0.25) is 10.0 Å². The summed E-state index contributed by atoms with van der Waals surface area (Å²) in [7, 11) is -3.73. The second-order valence-electron chi connectivity index (χ2n) is 7.41. The third-order valence-electron chi connectivity index (χ3n) is 5.30. The summed E-state index contributed by atoms with van der Waals surface area (Å²) in [6.45, 7) is 0. The van der Waals surface area contributed by atoms with Crippen molar-refractivity contribution in [3.05, 3.63) is 63.7 Å². The molecule has 158 valence electrons.